The maximum Gasteiger partial charge on any atom is 0.271 e. The van der Waals surface area contributed by atoms with Crippen LogP contribution in [-0.2, 0) is 6.61 Å². The van der Waals surface area contributed by atoms with Gasteiger partial charge < -0.3 is 9.84 Å². The molecule has 1 amide bonds. The van der Waals surface area contributed by atoms with E-state index in [1.165, 1.54) is 30.5 Å². The Kier molecular flexibility index (Phi) is 6.07. The maximum absolute atomic E-state index is 11.9. The monoisotopic (exact) mass is 380 g/mol. The van der Waals surface area contributed by atoms with E-state index in [2.05, 4.69) is 10.5 Å². The van der Waals surface area contributed by atoms with Crippen LogP contribution >= 0.6 is 11.6 Å². The fourth-order valence-electron chi connectivity index (χ4n) is 2.29. The molecule has 3 rings (SSSR count). The smallest absolute Gasteiger partial charge is 0.271 e. The minimum Gasteiger partial charge on any atom is -0.508 e. The lowest BCUT2D eigenvalue weighted by atomic mass is 10.2. The van der Waals surface area contributed by atoms with Crippen molar-refractivity contribution in [2.45, 2.75) is 6.61 Å². The van der Waals surface area contributed by atoms with Gasteiger partial charge in [0, 0.05) is 5.56 Å². The highest BCUT2D eigenvalue weighted by molar-refractivity contribution is 6.32. The molecule has 0 saturated carbocycles. The van der Waals surface area contributed by atoms with Crippen molar-refractivity contribution in [1.29, 1.82) is 0 Å². The zero-order valence-corrected chi connectivity index (χ0v) is 15.1. The zero-order valence-electron chi connectivity index (χ0n) is 14.3. The van der Waals surface area contributed by atoms with E-state index < -0.39 is 0 Å². The topological polar surface area (TPSA) is 70.9 Å². The summed E-state index contributed by atoms with van der Waals surface area (Å²) in [6, 6.07) is 21.0. The minimum absolute atomic E-state index is 0.0965. The van der Waals surface area contributed by atoms with Crippen LogP contribution in [0.3, 0.4) is 0 Å². The quantitative estimate of drug-likeness (QED) is 0.492. The molecule has 0 aromatic heterocycles. The van der Waals surface area contributed by atoms with Crippen molar-refractivity contribution in [3.05, 3.63) is 94.5 Å². The number of phenolic OH excluding ortho intramolecular Hbond substituents is 1. The van der Waals surface area contributed by atoms with E-state index >= 15 is 0 Å². The number of aromatic hydroxyl groups is 1. The zero-order chi connectivity index (χ0) is 19.1. The number of amides is 1. The van der Waals surface area contributed by atoms with Crippen LogP contribution in [0.4, 0.5) is 0 Å². The van der Waals surface area contributed by atoms with E-state index in [0.29, 0.717) is 22.9 Å². The van der Waals surface area contributed by atoms with Crippen LogP contribution in [0.25, 0.3) is 0 Å². The van der Waals surface area contributed by atoms with Crippen LogP contribution in [0.1, 0.15) is 21.5 Å². The molecule has 5 nitrogen and oxygen atoms in total. The predicted octanol–water partition coefficient (Wildman–Crippen LogP) is 4.39. The van der Waals surface area contributed by atoms with Crippen molar-refractivity contribution in [2.75, 3.05) is 0 Å². The lowest BCUT2D eigenvalue weighted by Crippen LogP contribution is -2.17. The first kappa shape index (κ1) is 18.5. The fourth-order valence-corrected chi connectivity index (χ4v) is 2.54. The number of hydrazone groups is 1. The third-order valence-corrected chi connectivity index (χ3v) is 4.00. The number of benzene rings is 3. The van der Waals surface area contributed by atoms with Crippen molar-refractivity contribution in [3.63, 3.8) is 0 Å². The van der Waals surface area contributed by atoms with Gasteiger partial charge in [-0.2, -0.15) is 5.10 Å². The predicted molar refractivity (Wildman–Crippen MR) is 105 cm³/mol. The van der Waals surface area contributed by atoms with Gasteiger partial charge in [-0.05, 0) is 53.6 Å². The van der Waals surface area contributed by atoms with E-state index in [1.54, 1.807) is 18.2 Å². The summed E-state index contributed by atoms with van der Waals surface area (Å²) in [6.07, 6.45) is 1.49. The van der Waals surface area contributed by atoms with E-state index in [4.69, 9.17) is 16.3 Å². The van der Waals surface area contributed by atoms with Crippen molar-refractivity contribution >= 4 is 23.7 Å². The molecule has 0 fully saturated rings. The second kappa shape index (κ2) is 8.87. The standard InChI is InChI=1S/C21H17ClN2O3/c22-19-12-16(6-11-20(19)27-14-15-4-2-1-3-5-15)13-23-24-21(26)17-7-9-18(25)10-8-17/h1-13,25H,14H2,(H,24,26)/b23-13-. The molecule has 136 valence electrons. The Labute approximate surface area is 161 Å². The Bertz CT molecular complexity index is 941. The van der Waals surface area contributed by atoms with Crippen LogP contribution in [0.5, 0.6) is 11.5 Å². The Balaban J connectivity index is 1.57. The van der Waals surface area contributed by atoms with Crippen LogP contribution in [0.2, 0.25) is 5.02 Å². The molecule has 0 unspecified atom stereocenters. The summed E-state index contributed by atoms with van der Waals surface area (Å²) >= 11 is 6.25. The second-order valence-electron chi connectivity index (χ2n) is 5.71. The highest BCUT2D eigenvalue weighted by atomic mass is 35.5. The van der Waals surface area contributed by atoms with E-state index in [0.717, 1.165) is 11.1 Å². The molecule has 0 spiro atoms. The molecule has 0 radical (unpaired) electrons. The fraction of sp³-hybridized carbons (Fsp3) is 0.0476. The molecule has 3 aromatic carbocycles. The molecule has 0 bridgehead atoms. The Hall–Kier alpha value is -3.31. The average molecular weight is 381 g/mol. The number of carbonyl (C=O) groups excluding carboxylic acids is 1. The lowest BCUT2D eigenvalue weighted by molar-refractivity contribution is 0.0955. The molecular weight excluding hydrogens is 364 g/mol. The first-order chi connectivity index (χ1) is 13.1. The summed E-state index contributed by atoms with van der Waals surface area (Å²) in [5.74, 6) is 0.297. The van der Waals surface area contributed by atoms with E-state index in [-0.39, 0.29) is 11.7 Å². The number of rotatable bonds is 6. The van der Waals surface area contributed by atoms with Gasteiger partial charge in [-0.15, -0.1) is 0 Å². The second-order valence-corrected chi connectivity index (χ2v) is 6.12. The molecule has 0 saturated heterocycles. The summed E-state index contributed by atoms with van der Waals surface area (Å²) < 4.78 is 5.72. The van der Waals surface area contributed by atoms with Gasteiger partial charge in [0.2, 0.25) is 0 Å². The van der Waals surface area contributed by atoms with Crippen LogP contribution < -0.4 is 10.2 Å². The number of ether oxygens (including phenoxy) is 1. The highest BCUT2D eigenvalue weighted by Gasteiger charge is 2.05. The van der Waals surface area contributed by atoms with Gasteiger partial charge >= 0.3 is 0 Å². The van der Waals surface area contributed by atoms with Gasteiger partial charge in [-0.1, -0.05) is 41.9 Å². The molecule has 6 heteroatoms. The molecular formula is C21H17ClN2O3. The summed E-state index contributed by atoms with van der Waals surface area (Å²) in [5, 5.41) is 13.6. The summed E-state index contributed by atoms with van der Waals surface area (Å²) in [4.78, 5) is 11.9. The van der Waals surface area contributed by atoms with Crippen molar-refractivity contribution < 1.29 is 14.6 Å². The van der Waals surface area contributed by atoms with Crippen molar-refractivity contribution in [1.82, 2.24) is 5.43 Å². The molecule has 0 aliphatic heterocycles. The summed E-state index contributed by atoms with van der Waals surface area (Å²) in [7, 11) is 0. The minimum atomic E-state index is -0.375. The average Bonchev–Trinajstić information content (AvgIpc) is 2.68. The Morgan fingerprint density at radius 2 is 1.81 bits per heavy atom. The molecule has 27 heavy (non-hydrogen) atoms. The first-order valence-electron chi connectivity index (χ1n) is 8.20. The van der Waals surface area contributed by atoms with Crippen LogP contribution in [0.15, 0.2) is 77.9 Å². The van der Waals surface area contributed by atoms with Crippen molar-refractivity contribution in [2.24, 2.45) is 5.10 Å². The highest BCUT2D eigenvalue weighted by Crippen LogP contribution is 2.25. The normalized spacial score (nSPS) is 10.7. The number of nitrogens with zero attached hydrogens (tertiary/aromatic N) is 1. The first-order valence-corrected chi connectivity index (χ1v) is 8.58. The molecule has 2 N–H and O–H groups in total. The van der Waals surface area contributed by atoms with Gasteiger partial charge in [-0.3, -0.25) is 4.79 Å². The number of halogens is 1. The number of carbonyl (C=O) groups is 1. The largest absolute Gasteiger partial charge is 0.508 e. The van der Waals surface area contributed by atoms with Crippen LogP contribution in [0, 0.1) is 0 Å². The Morgan fingerprint density at radius 3 is 2.52 bits per heavy atom. The van der Waals surface area contributed by atoms with Gasteiger partial charge in [0.1, 0.15) is 18.1 Å². The number of hydrogen-bond acceptors (Lipinski definition) is 4. The SMILES string of the molecule is O=C(N/N=C\c1ccc(OCc2ccccc2)c(Cl)c1)c1ccc(O)cc1. The molecule has 0 aliphatic rings. The molecule has 0 aliphatic carbocycles. The van der Waals surface area contributed by atoms with Gasteiger partial charge in [-0.25, -0.2) is 5.43 Å². The Morgan fingerprint density at radius 1 is 1.07 bits per heavy atom. The van der Waals surface area contributed by atoms with Crippen LogP contribution in [-0.4, -0.2) is 17.2 Å². The van der Waals surface area contributed by atoms with E-state index in [9.17, 15) is 9.90 Å². The number of nitrogens with one attached hydrogen (secondary N) is 1. The third-order valence-electron chi connectivity index (χ3n) is 3.70. The summed E-state index contributed by atoms with van der Waals surface area (Å²) in [5.41, 5.74) is 4.59. The molecule has 0 heterocycles. The molecule has 0 atom stereocenters. The van der Waals surface area contributed by atoms with Gasteiger partial charge in [0.25, 0.3) is 5.91 Å². The third kappa shape index (κ3) is 5.33. The van der Waals surface area contributed by atoms with Gasteiger partial charge in [0.15, 0.2) is 0 Å². The molecule has 3 aromatic rings. The van der Waals surface area contributed by atoms with E-state index in [1.807, 2.05) is 30.3 Å². The summed E-state index contributed by atoms with van der Waals surface area (Å²) in [6.45, 7) is 0.427. The van der Waals surface area contributed by atoms with Crippen molar-refractivity contribution in [3.8, 4) is 11.5 Å². The number of hydrogen-bond donors (Lipinski definition) is 2. The number of phenols is 1. The van der Waals surface area contributed by atoms with Gasteiger partial charge in [0.05, 0.1) is 11.2 Å². The lowest BCUT2D eigenvalue weighted by Gasteiger charge is -2.08. The maximum atomic E-state index is 11.9.